The van der Waals surface area contributed by atoms with Crippen molar-refractivity contribution in [3.63, 3.8) is 0 Å². The number of aliphatic hydroxyl groups is 1. The SMILES string of the molecule is COC(=O)c1c(N(C(=O)OC)S(=O)(=O)c2ccc(F)cc2/C=C\CO)ccc2c1OC[C@@H]1C[C@H]21. The van der Waals surface area contributed by atoms with Gasteiger partial charge < -0.3 is 19.3 Å². The van der Waals surface area contributed by atoms with Crippen molar-refractivity contribution in [2.45, 2.75) is 17.2 Å². The lowest BCUT2D eigenvalue weighted by Crippen LogP contribution is -2.38. The van der Waals surface area contributed by atoms with Gasteiger partial charge in [-0.25, -0.2) is 22.4 Å². The summed E-state index contributed by atoms with van der Waals surface area (Å²) >= 11 is 0. The predicted octanol–water partition coefficient (Wildman–Crippen LogP) is 3.08. The van der Waals surface area contributed by atoms with Crippen molar-refractivity contribution in [3.8, 4) is 5.75 Å². The van der Waals surface area contributed by atoms with Crippen molar-refractivity contribution in [2.24, 2.45) is 5.92 Å². The molecule has 4 rings (SSSR count). The maximum absolute atomic E-state index is 13.9. The summed E-state index contributed by atoms with van der Waals surface area (Å²) in [7, 11) is -2.62. The van der Waals surface area contributed by atoms with Crippen LogP contribution in [0.2, 0.25) is 0 Å². The van der Waals surface area contributed by atoms with Crippen LogP contribution < -0.4 is 9.04 Å². The fourth-order valence-electron chi connectivity index (χ4n) is 4.08. The van der Waals surface area contributed by atoms with E-state index in [1.165, 1.54) is 18.2 Å². The topological polar surface area (TPSA) is 119 Å². The van der Waals surface area contributed by atoms with Gasteiger partial charge in [0.05, 0.1) is 38.0 Å². The monoisotopic (exact) mass is 491 g/mol. The van der Waals surface area contributed by atoms with Crippen molar-refractivity contribution in [2.75, 3.05) is 31.7 Å². The summed E-state index contributed by atoms with van der Waals surface area (Å²) in [5.74, 6) is -0.958. The largest absolute Gasteiger partial charge is 0.492 e. The minimum atomic E-state index is -4.74. The lowest BCUT2D eigenvalue weighted by Gasteiger charge is -2.27. The highest BCUT2D eigenvalue weighted by Crippen LogP contribution is 2.55. The van der Waals surface area contributed by atoms with Crippen LogP contribution in [0.3, 0.4) is 0 Å². The summed E-state index contributed by atoms with van der Waals surface area (Å²) in [5.41, 5.74) is 0.0698. The zero-order valence-corrected chi connectivity index (χ0v) is 19.2. The zero-order chi connectivity index (χ0) is 24.6. The van der Waals surface area contributed by atoms with Crippen molar-refractivity contribution in [1.82, 2.24) is 0 Å². The Morgan fingerprint density at radius 2 is 2.00 bits per heavy atom. The molecule has 2 aliphatic rings. The van der Waals surface area contributed by atoms with Gasteiger partial charge in [-0.3, -0.25) is 0 Å². The van der Waals surface area contributed by atoms with Crippen LogP contribution in [-0.4, -0.2) is 53.0 Å². The van der Waals surface area contributed by atoms with Gasteiger partial charge >= 0.3 is 12.1 Å². The molecule has 0 saturated heterocycles. The number of hydrogen-bond acceptors (Lipinski definition) is 8. The molecule has 0 aromatic heterocycles. The van der Waals surface area contributed by atoms with E-state index < -0.39 is 39.4 Å². The molecule has 1 N–H and O–H groups in total. The number of rotatable bonds is 6. The molecular weight excluding hydrogens is 469 g/mol. The highest BCUT2D eigenvalue weighted by Gasteiger charge is 2.47. The van der Waals surface area contributed by atoms with Crippen LogP contribution in [-0.2, 0) is 19.5 Å². The van der Waals surface area contributed by atoms with Crippen LogP contribution in [0.15, 0.2) is 41.3 Å². The molecule has 0 unspecified atom stereocenters. The normalized spacial score (nSPS) is 18.5. The third-order valence-electron chi connectivity index (χ3n) is 5.77. The molecular formula is C23H22FNO8S. The van der Waals surface area contributed by atoms with Gasteiger partial charge in [0.25, 0.3) is 10.0 Å². The van der Waals surface area contributed by atoms with Crippen LogP contribution in [0.1, 0.15) is 33.8 Å². The number of nitrogens with zero attached hydrogens (tertiary/aromatic N) is 1. The molecule has 2 aromatic carbocycles. The Labute approximate surface area is 195 Å². The van der Waals surface area contributed by atoms with Gasteiger partial charge in [-0.2, -0.15) is 4.31 Å². The molecule has 180 valence electrons. The minimum Gasteiger partial charge on any atom is -0.492 e. The quantitative estimate of drug-likeness (QED) is 0.613. The molecule has 1 amide bonds. The number of ether oxygens (including phenoxy) is 3. The van der Waals surface area contributed by atoms with Crippen molar-refractivity contribution >= 4 is 33.8 Å². The molecule has 34 heavy (non-hydrogen) atoms. The van der Waals surface area contributed by atoms with Crippen molar-refractivity contribution in [1.29, 1.82) is 0 Å². The number of anilines is 1. The summed E-state index contributed by atoms with van der Waals surface area (Å²) < 4.78 is 57.1. The number of aliphatic hydroxyl groups excluding tert-OH is 1. The number of halogens is 1. The van der Waals surface area contributed by atoms with Crippen molar-refractivity contribution < 1.29 is 41.7 Å². The number of amides is 1. The van der Waals surface area contributed by atoms with E-state index in [1.54, 1.807) is 6.07 Å². The molecule has 0 radical (unpaired) electrons. The Kier molecular flexibility index (Phi) is 6.32. The van der Waals surface area contributed by atoms with Crippen LogP contribution in [0, 0.1) is 11.7 Å². The molecule has 9 nitrogen and oxygen atoms in total. The van der Waals surface area contributed by atoms with E-state index in [2.05, 4.69) is 0 Å². The van der Waals surface area contributed by atoms with E-state index in [-0.39, 0.29) is 28.5 Å². The third-order valence-corrected chi connectivity index (χ3v) is 7.53. The first-order valence-electron chi connectivity index (χ1n) is 10.3. The van der Waals surface area contributed by atoms with Gasteiger partial charge in [-0.05, 0) is 47.7 Å². The zero-order valence-electron chi connectivity index (χ0n) is 18.4. The molecule has 11 heteroatoms. The number of carbonyl (C=O) groups excluding carboxylic acids is 2. The predicted molar refractivity (Wildman–Crippen MR) is 119 cm³/mol. The molecule has 1 aliphatic heterocycles. The van der Waals surface area contributed by atoms with Gasteiger partial charge in [0.1, 0.15) is 17.1 Å². The van der Waals surface area contributed by atoms with Crippen LogP contribution in [0.25, 0.3) is 6.08 Å². The first-order chi connectivity index (χ1) is 16.2. The van der Waals surface area contributed by atoms with Gasteiger partial charge in [-0.1, -0.05) is 18.2 Å². The summed E-state index contributed by atoms with van der Waals surface area (Å²) in [6.45, 7) is -0.0717. The van der Waals surface area contributed by atoms with E-state index in [0.717, 1.165) is 44.4 Å². The maximum Gasteiger partial charge on any atom is 0.428 e. The summed E-state index contributed by atoms with van der Waals surface area (Å²) in [6.07, 6.45) is 2.00. The van der Waals surface area contributed by atoms with Gasteiger partial charge in [-0.15, -0.1) is 0 Å². The van der Waals surface area contributed by atoms with E-state index in [1.807, 2.05) is 0 Å². The molecule has 0 bridgehead atoms. The lowest BCUT2D eigenvalue weighted by molar-refractivity contribution is 0.0596. The van der Waals surface area contributed by atoms with E-state index in [4.69, 9.17) is 19.3 Å². The lowest BCUT2D eigenvalue weighted by atomic mass is 10.00. The highest BCUT2D eigenvalue weighted by molar-refractivity contribution is 7.93. The Hall–Kier alpha value is -3.44. The average molecular weight is 491 g/mol. The van der Waals surface area contributed by atoms with E-state index in [0.29, 0.717) is 16.8 Å². The fraction of sp³-hybridized carbons (Fsp3) is 0.304. The average Bonchev–Trinajstić information content (AvgIpc) is 3.62. The molecule has 1 saturated carbocycles. The van der Waals surface area contributed by atoms with Crippen molar-refractivity contribution in [3.05, 3.63) is 58.9 Å². The number of fused-ring (bicyclic) bond motifs is 3. The highest BCUT2D eigenvalue weighted by atomic mass is 32.2. The fourth-order valence-corrected chi connectivity index (χ4v) is 5.62. The Bertz CT molecular complexity index is 1290. The second kappa shape index (κ2) is 9.07. The second-order valence-corrected chi connectivity index (χ2v) is 9.54. The molecule has 2 aromatic rings. The minimum absolute atomic E-state index is 0.113. The molecule has 2 atom stereocenters. The number of hydrogen-bond donors (Lipinski definition) is 1. The van der Waals surface area contributed by atoms with Gasteiger partial charge in [0, 0.05) is 5.92 Å². The summed E-state index contributed by atoms with van der Waals surface area (Å²) in [5, 5.41) is 9.09. The first kappa shape index (κ1) is 23.7. The standard InChI is InChI=1S/C23H22FNO8S/c1-31-22(27)20-18(7-6-16-17-11-14(17)12-33-21(16)20)25(23(28)32-2)34(29,30)19-8-5-15(24)10-13(19)4-3-9-26/h3-8,10,14,17,26H,9,11-12H2,1-2H3/b4-3-/t14-,17-/m0/s1. The number of benzene rings is 2. The Morgan fingerprint density at radius 3 is 2.68 bits per heavy atom. The van der Waals surface area contributed by atoms with Gasteiger partial charge in [0.2, 0.25) is 0 Å². The molecule has 1 aliphatic carbocycles. The van der Waals surface area contributed by atoms with Crippen LogP contribution in [0.4, 0.5) is 14.9 Å². The molecule has 1 fully saturated rings. The van der Waals surface area contributed by atoms with Gasteiger partial charge in [0.15, 0.2) is 0 Å². The van der Waals surface area contributed by atoms with E-state index in [9.17, 15) is 22.4 Å². The first-order valence-corrected chi connectivity index (χ1v) is 11.8. The smallest absolute Gasteiger partial charge is 0.428 e. The number of sulfonamides is 1. The third kappa shape index (κ3) is 4.01. The second-order valence-electron chi connectivity index (χ2n) is 7.79. The summed E-state index contributed by atoms with van der Waals surface area (Å²) in [4.78, 5) is 25.2. The van der Waals surface area contributed by atoms with Crippen LogP contribution >= 0.6 is 0 Å². The van der Waals surface area contributed by atoms with Crippen LogP contribution in [0.5, 0.6) is 5.75 Å². The number of carbonyl (C=O) groups is 2. The molecule has 0 spiro atoms. The Morgan fingerprint density at radius 1 is 1.24 bits per heavy atom. The van der Waals surface area contributed by atoms with E-state index >= 15 is 0 Å². The maximum atomic E-state index is 13.9. The molecule has 1 heterocycles. The summed E-state index contributed by atoms with van der Waals surface area (Å²) in [6, 6.07) is 5.79. The number of methoxy groups -OCH3 is 2. The Balaban J connectivity index is 1.95. The number of esters is 1.